The standard InChI is InChI=1S/C16H20N4O2/c21-16(15-7-17-12-18-8-15)19-6-13-2-1-4-20(9-13)10-14-3-5-22-11-14/h3,5,7-8,11-13H,1-2,4,6,9-10H2,(H,19,21). The normalized spacial score (nSPS) is 19.0. The van der Waals surface area contributed by atoms with Crippen LogP contribution in [-0.2, 0) is 6.54 Å². The number of piperidine rings is 1. The van der Waals surface area contributed by atoms with E-state index in [1.165, 1.54) is 24.3 Å². The molecule has 0 saturated carbocycles. The molecule has 6 nitrogen and oxygen atoms in total. The van der Waals surface area contributed by atoms with Crippen molar-refractivity contribution in [1.82, 2.24) is 20.2 Å². The first-order valence-electron chi connectivity index (χ1n) is 7.58. The van der Waals surface area contributed by atoms with Crippen molar-refractivity contribution in [3.63, 3.8) is 0 Å². The maximum absolute atomic E-state index is 12.0. The first-order valence-corrected chi connectivity index (χ1v) is 7.58. The molecular weight excluding hydrogens is 280 g/mol. The van der Waals surface area contributed by atoms with Gasteiger partial charge in [-0.1, -0.05) is 0 Å². The van der Waals surface area contributed by atoms with E-state index in [2.05, 4.69) is 20.2 Å². The monoisotopic (exact) mass is 300 g/mol. The number of rotatable bonds is 5. The minimum Gasteiger partial charge on any atom is -0.472 e. The van der Waals surface area contributed by atoms with Crippen molar-refractivity contribution in [3.8, 4) is 0 Å². The molecule has 22 heavy (non-hydrogen) atoms. The number of nitrogens with zero attached hydrogens (tertiary/aromatic N) is 3. The molecule has 2 aromatic rings. The zero-order valence-corrected chi connectivity index (χ0v) is 12.4. The van der Waals surface area contributed by atoms with Gasteiger partial charge in [-0.2, -0.15) is 0 Å². The van der Waals surface area contributed by atoms with Gasteiger partial charge in [0, 0.05) is 37.6 Å². The minimum absolute atomic E-state index is 0.104. The van der Waals surface area contributed by atoms with Crippen LogP contribution in [0.3, 0.4) is 0 Å². The van der Waals surface area contributed by atoms with Crippen LogP contribution < -0.4 is 5.32 Å². The van der Waals surface area contributed by atoms with E-state index < -0.39 is 0 Å². The summed E-state index contributed by atoms with van der Waals surface area (Å²) in [5.74, 6) is 0.377. The van der Waals surface area contributed by atoms with Crippen molar-refractivity contribution in [2.24, 2.45) is 5.92 Å². The van der Waals surface area contributed by atoms with Gasteiger partial charge in [0.2, 0.25) is 0 Å². The summed E-state index contributed by atoms with van der Waals surface area (Å²) in [6.07, 6.45) is 10.3. The second-order valence-corrected chi connectivity index (χ2v) is 5.71. The molecule has 3 heterocycles. The van der Waals surface area contributed by atoms with Crippen molar-refractivity contribution >= 4 is 5.91 Å². The van der Waals surface area contributed by atoms with Crippen LogP contribution in [0.1, 0.15) is 28.8 Å². The lowest BCUT2D eigenvalue weighted by atomic mass is 9.97. The zero-order valence-electron chi connectivity index (χ0n) is 12.4. The first kappa shape index (κ1) is 14.7. The zero-order chi connectivity index (χ0) is 15.2. The van der Waals surface area contributed by atoms with Gasteiger partial charge in [-0.15, -0.1) is 0 Å². The quantitative estimate of drug-likeness (QED) is 0.910. The molecule has 0 radical (unpaired) electrons. The summed E-state index contributed by atoms with van der Waals surface area (Å²) in [5, 5.41) is 2.98. The van der Waals surface area contributed by atoms with E-state index in [9.17, 15) is 4.79 Å². The summed E-state index contributed by atoms with van der Waals surface area (Å²) in [6, 6.07) is 2.00. The Morgan fingerprint density at radius 3 is 3.05 bits per heavy atom. The molecule has 0 spiro atoms. The van der Waals surface area contributed by atoms with Gasteiger partial charge in [0.25, 0.3) is 5.91 Å². The minimum atomic E-state index is -0.104. The number of nitrogens with one attached hydrogen (secondary N) is 1. The number of furan rings is 1. The first-order chi connectivity index (χ1) is 10.8. The number of aromatic nitrogens is 2. The van der Waals surface area contributed by atoms with E-state index >= 15 is 0 Å². The van der Waals surface area contributed by atoms with Crippen molar-refractivity contribution < 1.29 is 9.21 Å². The van der Waals surface area contributed by atoms with Crippen molar-refractivity contribution in [3.05, 3.63) is 48.4 Å². The number of likely N-dealkylation sites (tertiary alicyclic amines) is 1. The highest BCUT2D eigenvalue weighted by Crippen LogP contribution is 2.18. The molecular formula is C16H20N4O2. The van der Waals surface area contributed by atoms with Crippen LogP contribution in [0.2, 0.25) is 0 Å². The van der Waals surface area contributed by atoms with Crippen LogP contribution in [0.25, 0.3) is 0 Å². The molecule has 1 amide bonds. The Bertz CT molecular complexity index is 585. The van der Waals surface area contributed by atoms with E-state index in [4.69, 9.17) is 4.42 Å². The fourth-order valence-corrected chi connectivity index (χ4v) is 2.86. The molecule has 116 valence electrons. The van der Waals surface area contributed by atoms with Crippen LogP contribution in [0, 0.1) is 5.92 Å². The smallest absolute Gasteiger partial charge is 0.254 e. The van der Waals surface area contributed by atoms with Gasteiger partial charge in [-0.3, -0.25) is 9.69 Å². The number of hydrogen-bond donors (Lipinski definition) is 1. The summed E-state index contributed by atoms with van der Waals surface area (Å²) in [5.41, 5.74) is 1.71. The molecule has 1 aliphatic rings. The number of carbonyl (C=O) groups is 1. The number of amides is 1. The van der Waals surface area contributed by atoms with Gasteiger partial charge >= 0.3 is 0 Å². The van der Waals surface area contributed by atoms with Gasteiger partial charge in [0.15, 0.2) is 0 Å². The summed E-state index contributed by atoms with van der Waals surface area (Å²) >= 11 is 0. The van der Waals surface area contributed by atoms with E-state index in [0.29, 0.717) is 18.0 Å². The third-order valence-corrected chi connectivity index (χ3v) is 3.96. The molecule has 1 atom stereocenters. The second kappa shape index (κ2) is 7.17. The lowest BCUT2D eigenvalue weighted by Gasteiger charge is -2.32. The summed E-state index contributed by atoms with van der Waals surface area (Å²) in [4.78, 5) is 22.2. The molecule has 0 aromatic carbocycles. The van der Waals surface area contributed by atoms with E-state index in [0.717, 1.165) is 32.5 Å². The average molecular weight is 300 g/mol. The topological polar surface area (TPSA) is 71.3 Å². The molecule has 1 unspecified atom stereocenters. The average Bonchev–Trinajstić information content (AvgIpc) is 3.07. The predicted octanol–water partition coefficient (Wildman–Crippen LogP) is 1.71. The molecule has 6 heteroatoms. The summed E-state index contributed by atoms with van der Waals surface area (Å²) < 4.78 is 5.12. The molecule has 0 bridgehead atoms. The lowest BCUT2D eigenvalue weighted by molar-refractivity contribution is 0.0930. The third kappa shape index (κ3) is 3.92. The Morgan fingerprint density at radius 1 is 1.41 bits per heavy atom. The maximum atomic E-state index is 12.0. The van der Waals surface area contributed by atoms with E-state index in [-0.39, 0.29) is 5.91 Å². The van der Waals surface area contributed by atoms with Gasteiger partial charge in [-0.25, -0.2) is 9.97 Å². The van der Waals surface area contributed by atoms with Gasteiger partial charge < -0.3 is 9.73 Å². The SMILES string of the molecule is O=C(NCC1CCCN(Cc2ccoc2)C1)c1cncnc1. The molecule has 1 N–H and O–H groups in total. The highest BCUT2D eigenvalue weighted by Gasteiger charge is 2.21. The van der Waals surface area contributed by atoms with Crippen molar-refractivity contribution in [2.45, 2.75) is 19.4 Å². The fraction of sp³-hybridized carbons (Fsp3) is 0.438. The van der Waals surface area contributed by atoms with Crippen LogP contribution in [-0.4, -0.2) is 40.4 Å². The Balaban J connectivity index is 1.47. The maximum Gasteiger partial charge on any atom is 0.254 e. The van der Waals surface area contributed by atoms with Crippen LogP contribution in [0.5, 0.6) is 0 Å². The number of hydrogen-bond acceptors (Lipinski definition) is 5. The van der Waals surface area contributed by atoms with Crippen molar-refractivity contribution in [2.75, 3.05) is 19.6 Å². The second-order valence-electron chi connectivity index (χ2n) is 5.71. The largest absolute Gasteiger partial charge is 0.472 e. The van der Waals surface area contributed by atoms with Gasteiger partial charge in [0.05, 0.1) is 18.1 Å². The predicted molar refractivity (Wildman–Crippen MR) is 81.1 cm³/mol. The third-order valence-electron chi connectivity index (χ3n) is 3.96. The van der Waals surface area contributed by atoms with Crippen molar-refractivity contribution in [1.29, 1.82) is 0 Å². The summed E-state index contributed by atoms with van der Waals surface area (Å²) in [7, 11) is 0. The van der Waals surface area contributed by atoms with Crippen LogP contribution in [0.15, 0.2) is 41.7 Å². The number of carbonyl (C=O) groups excluding carboxylic acids is 1. The lowest BCUT2D eigenvalue weighted by Crippen LogP contribution is -2.40. The van der Waals surface area contributed by atoms with Crippen LogP contribution >= 0.6 is 0 Å². The molecule has 1 saturated heterocycles. The summed E-state index contributed by atoms with van der Waals surface area (Å²) in [6.45, 7) is 3.70. The Labute approximate surface area is 129 Å². The molecule has 1 aliphatic heterocycles. The Morgan fingerprint density at radius 2 is 2.27 bits per heavy atom. The molecule has 2 aromatic heterocycles. The Kier molecular flexibility index (Phi) is 4.80. The van der Waals surface area contributed by atoms with Crippen LogP contribution in [0.4, 0.5) is 0 Å². The highest BCUT2D eigenvalue weighted by molar-refractivity contribution is 5.93. The van der Waals surface area contributed by atoms with Gasteiger partial charge in [0.1, 0.15) is 6.33 Å². The molecule has 3 rings (SSSR count). The van der Waals surface area contributed by atoms with E-state index in [1.807, 2.05) is 6.07 Å². The Hall–Kier alpha value is -2.21. The fourth-order valence-electron chi connectivity index (χ4n) is 2.86. The molecule has 0 aliphatic carbocycles. The molecule has 1 fully saturated rings. The van der Waals surface area contributed by atoms with Gasteiger partial charge in [-0.05, 0) is 31.4 Å². The van der Waals surface area contributed by atoms with E-state index in [1.54, 1.807) is 12.5 Å². The highest BCUT2D eigenvalue weighted by atomic mass is 16.3.